The highest BCUT2D eigenvalue weighted by atomic mass is 16.7. The summed E-state index contributed by atoms with van der Waals surface area (Å²) in [7, 11) is 0. The van der Waals surface area contributed by atoms with Gasteiger partial charge in [0.15, 0.2) is 5.72 Å². The lowest BCUT2D eigenvalue weighted by molar-refractivity contribution is -0.384. The smallest absolute Gasteiger partial charge is 0.220 e. The van der Waals surface area contributed by atoms with Crippen LogP contribution in [-0.4, -0.2) is 62.0 Å². The van der Waals surface area contributed by atoms with Crippen molar-refractivity contribution in [1.82, 2.24) is 0 Å². The molecule has 1 aliphatic rings. The fraction of sp³-hybridized carbons (Fsp3) is 0.538. The van der Waals surface area contributed by atoms with Crippen LogP contribution in [0.15, 0.2) is 30.3 Å². The van der Waals surface area contributed by atoms with Gasteiger partial charge in [0.25, 0.3) is 0 Å². The van der Waals surface area contributed by atoms with Gasteiger partial charge in [-0.05, 0) is 5.56 Å². The molecule has 0 saturated carbocycles. The van der Waals surface area contributed by atoms with Crippen LogP contribution in [0.1, 0.15) is 5.56 Å². The van der Waals surface area contributed by atoms with Gasteiger partial charge in [0.1, 0.15) is 18.3 Å². The minimum absolute atomic E-state index is 0.0128. The summed E-state index contributed by atoms with van der Waals surface area (Å²) in [6, 6.07) is 8.79. The van der Waals surface area contributed by atoms with Crippen molar-refractivity contribution in [2.24, 2.45) is 5.73 Å². The summed E-state index contributed by atoms with van der Waals surface area (Å²) >= 11 is 0. The van der Waals surface area contributed by atoms with Crippen molar-refractivity contribution in [1.29, 1.82) is 0 Å². The third-order valence-electron chi connectivity index (χ3n) is 3.53. The highest BCUT2D eigenvalue weighted by Crippen LogP contribution is 2.34. The molecule has 1 fully saturated rings. The molecule has 0 spiro atoms. The van der Waals surface area contributed by atoms with Gasteiger partial charge in [-0.2, -0.15) is 0 Å². The van der Waals surface area contributed by atoms with Gasteiger partial charge in [0.2, 0.25) is 5.79 Å². The Balaban J connectivity index is 2.29. The van der Waals surface area contributed by atoms with Crippen molar-refractivity contribution in [3.8, 4) is 0 Å². The first-order chi connectivity index (χ1) is 9.32. The lowest BCUT2D eigenvalue weighted by Crippen LogP contribution is -2.74. The molecule has 1 unspecified atom stereocenters. The first-order valence-electron chi connectivity index (χ1n) is 6.23. The zero-order valence-electron chi connectivity index (χ0n) is 10.8. The van der Waals surface area contributed by atoms with Crippen LogP contribution < -0.4 is 5.73 Å². The van der Waals surface area contributed by atoms with Crippen LogP contribution in [0.4, 0.5) is 0 Å². The Hall–Kier alpha value is -1.06. The minimum Gasteiger partial charge on any atom is -0.391 e. The van der Waals surface area contributed by atoms with Gasteiger partial charge >= 0.3 is 0 Å². The van der Waals surface area contributed by atoms with E-state index in [9.17, 15) is 20.4 Å². The monoisotopic (exact) mass is 285 g/mol. The summed E-state index contributed by atoms with van der Waals surface area (Å²) < 4.78 is 5.13. The van der Waals surface area contributed by atoms with Crippen LogP contribution in [0.3, 0.4) is 0 Å². The Bertz CT molecular complexity index is 457. The highest BCUT2D eigenvalue weighted by molar-refractivity contribution is 5.18. The Morgan fingerprint density at radius 1 is 1.10 bits per heavy atom. The van der Waals surface area contributed by atoms with E-state index in [0.29, 0.717) is 5.56 Å². The number of rotatable bonds is 3. The van der Waals surface area contributed by atoms with E-state index in [1.165, 1.54) is 0 Å². The van der Waals surface area contributed by atoms with Crippen molar-refractivity contribution in [2.75, 3.05) is 6.61 Å². The van der Waals surface area contributed by atoms with Gasteiger partial charge in [-0.25, -0.2) is 0 Å². The largest absolute Gasteiger partial charge is 0.391 e. The third kappa shape index (κ3) is 2.57. The van der Waals surface area contributed by atoms with E-state index in [-0.39, 0.29) is 6.42 Å². The van der Waals surface area contributed by atoms with E-state index in [2.05, 4.69) is 0 Å². The second-order valence-electron chi connectivity index (χ2n) is 5.10. The van der Waals surface area contributed by atoms with Crippen LogP contribution in [0.5, 0.6) is 0 Å². The Morgan fingerprint density at radius 2 is 1.70 bits per heavy atom. The van der Waals surface area contributed by atoms with Crippen molar-refractivity contribution >= 4 is 0 Å². The molecule has 1 aromatic rings. The molecule has 0 aromatic heterocycles. The molecule has 1 heterocycles. The maximum atomic E-state index is 10.0. The van der Waals surface area contributed by atoms with Gasteiger partial charge in [-0.3, -0.25) is 0 Å². The summed E-state index contributed by atoms with van der Waals surface area (Å²) in [5, 5.41) is 48.6. The molecule has 2 rings (SSSR count). The number of aliphatic hydroxyl groups is 5. The zero-order valence-corrected chi connectivity index (χ0v) is 10.8. The van der Waals surface area contributed by atoms with E-state index in [0.717, 1.165) is 0 Å². The zero-order chi connectivity index (χ0) is 15.0. The Labute approximate surface area is 115 Å². The average Bonchev–Trinajstić information content (AvgIpc) is 2.44. The first-order valence-corrected chi connectivity index (χ1v) is 6.23. The summed E-state index contributed by atoms with van der Waals surface area (Å²) in [4.78, 5) is 0. The molecule has 0 aliphatic carbocycles. The van der Waals surface area contributed by atoms with Crippen LogP contribution in [-0.2, 0) is 11.2 Å². The number of nitrogens with two attached hydrogens (primary N) is 1. The molecule has 7 heteroatoms. The molecule has 7 N–H and O–H groups in total. The molecule has 1 aliphatic heterocycles. The van der Waals surface area contributed by atoms with Crippen molar-refractivity contribution in [3.05, 3.63) is 35.9 Å². The molecule has 20 heavy (non-hydrogen) atoms. The Morgan fingerprint density at radius 3 is 2.25 bits per heavy atom. The van der Waals surface area contributed by atoms with Crippen LogP contribution >= 0.6 is 0 Å². The van der Waals surface area contributed by atoms with E-state index >= 15 is 0 Å². The minimum atomic E-state index is -2.43. The lowest BCUT2D eigenvalue weighted by Gasteiger charge is -2.50. The number of hydrogen-bond donors (Lipinski definition) is 6. The van der Waals surface area contributed by atoms with Gasteiger partial charge in [-0.1, -0.05) is 30.3 Å². The van der Waals surface area contributed by atoms with Crippen molar-refractivity contribution in [3.63, 3.8) is 0 Å². The summed E-state index contributed by atoms with van der Waals surface area (Å²) in [6.07, 6.45) is -5.24. The van der Waals surface area contributed by atoms with Crippen molar-refractivity contribution < 1.29 is 30.3 Å². The fourth-order valence-corrected chi connectivity index (χ4v) is 2.36. The van der Waals surface area contributed by atoms with E-state index in [4.69, 9.17) is 15.6 Å². The molecule has 1 aromatic carbocycles. The quantitative estimate of drug-likeness (QED) is 0.367. The summed E-state index contributed by atoms with van der Waals surface area (Å²) in [5.41, 5.74) is 4.79. The second-order valence-corrected chi connectivity index (χ2v) is 5.10. The van der Waals surface area contributed by atoms with Gasteiger partial charge in [0, 0.05) is 6.42 Å². The first kappa shape index (κ1) is 15.3. The predicted octanol–water partition coefficient (Wildman–Crippen LogP) is -2.32. The van der Waals surface area contributed by atoms with Crippen molar-refractivity contribution in [2.45, 2.75) is 36.2 Å². The third-order valence-corrected chi connectivity index (χ3v) is 3.53. The highest BCUT2D eigenvalue weighted by Gasteiger charge is 2.58. The molecular formula is C13H19NO6. The van der Waals surface area contributed by atoms with E-state index in [1.54, 1.807) is 30.3 Å². The fourth-order valence-electron chi connectivity index (χ4n) is 2.36. The molecule has 0 bridgehead atoms. The molecule has 112 valence electrons. The van der Waals surface area contributed by atoms with Gasteiger partial charge in [-0.15, -0.1) is 0 Å². The van der Waals surface area contributed by atoms with Gasteiger partial charge < -0.3 is 36.0 Å². The normalized spacial score (nSPS) is 41.6. The van der Waals surface area contributed by atoms with Crippen LogP contribution in [0.2, 0.25) is 0 Å². The molecule has 1 saturated heterocycles. The second kappa shape index (κ2) is 5.38. The number of benzene rings is 1. The molecule has 0 radical (unpaired) electrons. The Kier molecular flexibility index (Phi) is 4.12. The maximum Gasteiger partial charge on any atom is 0.220 e. The van der Waals surface area contributed by atoms with E-state index in [1.807, 2.05) is 0 Å². The summed E-state index contributed by atoms with van der Waals surface area (Å²) in [5.74, 6) is -2.43. The predicted molar refractivity (Wildman–Crippen MR) is 68.2 cm³/mol. The van der Waals surface area contributed by atoms with Gasteiger partial charge in [0.05, 0.1) is 6.61 Å². The lowest BCUT2D eigenvalue weighted by atomic mass is 9.86. The number of hydrogen-bond acceptors (Lipinski definition) is 7. The molecular weight excluding hydrogens is 266 g/mol. The maximum absolute atomic E-state index is 10.0. The SMILES string of the molecule is NC1(Cc2ccccc2)O[C@@](O)(CO)[C@@H](O)[C@H](O)[C@@H]1O. The number of ether oxygens (including phenoxy) is 1. The van der Waals surface area contributed by atoms with Crippen LogP contribution in [0, 0.1) is 0 Å². The molecule has 5 atom stereocenters. The van der Waals surface area contributed by atoms with Crippen LogP contribution in [0.25, 0.3) is 0 Å². The topological polar surface area (TPSA) is 136 Å². The molecule has 7 nitrogen and oxygen atoms in total. The average molecular weight is 285 g/mol. The summed E-state index contributed by atoms with van der Waals surface area (Å²) in [6.45, 7) is -0.967. The van der Waals surface area contributed by atoms with E-state index < -0.39 is 36.4 Å². The number of aliphatic hydroxyl groups excluding tert-OH is 4. The standard InChI is InChI=1S/C13H19NO6/c14-12(6-8-4-2-1-3-5-8)10(17)9(16)11(18)13(19,7-15)20-12/h1-5,9-11,15-19H,6-7,14H2/t9-,10+,11+,12?,13+/m1/s1. The molecule has 0 amide bonds.